The molecular formula is C46H53N3O12. The molecule has 3 saturated heterocycles. The quantitative estimate of drug-likeness (QED) is 0.0992. The molecule has 15 heteroatoms. The first-order valence-electron chi connectivity index (χ1n) is 20.9. The lowest BCUT2D eigenvalue weighted by Crippen LogP contribution is -2.69. The summed E-state index contributed by atoms with van der Waals surface area (Å²) in [6.07, 6.45) is 1.49. The van der Waals surface area contributed by atoms with Crippen LogP contribution in [0.1, 0.15) is 78.2 Å². The number of benzene rings is 3. The first kappa shape index (κ1) is 42.5. The molecule has 0 aromatic heterocycles. The van der Waals surface area contributed by atoms with E-state index in [1.54, 1.807) is 51.1 Å². The number of carbonyl (C=O) groups is 4. The Balaban J connectivity index is 1.03. The third kappa shape index (κ3) is 8.68. The molecule has 5 aliphatic rings. The number of nitrogens with one attached hydrogen (secondary N) is 2. The van der Waals surface area contributed by atoms with Gasteiger partial charge in [-0.15, -0.1) is 0 Å². The fraction of sp³-hybridized carbons (Fsp3) is 0.478. The van der Waals surface area contributed by atoms with Crippen LogP contribution < -0.4 is 10.6 Å². The van der Waals surface area contributed by atoms with E-state index in [0.717, 1.165) is 22.3 Å². The Kier molecular flexibility index (Phi) is 12.1. The van der Waals surface area contributed by atoms with Gasteiger partial charge in [-0.05, 0) is 73.2 Å². The number of fused-ring (bicyclic) bond motifs is 5. The minimum atomic E-state index is -1.44. The van der Waals surface area contributed by atoms with E-state index in [9.17, 15) is 24.3 Å². The van der Waals surface area contributed by atoms with Crippen LogP contribution in [0.25, 0.3) is 6.08 Å². The highest BCUT2D eigenvalue weighted by Crippen LogP contribution is 2.58. The number of hydrogen-bond donors (Lipinski definition) is 4. The van der Waals surface area contributed by atoms with E-state index < -0.39 is 77.1 Å². The smallest absolute Gasteiger partial charge is 0.327 e. The molecule has 3 aromatic rings. The predicted molar refractivity (Wildman–Crippen MR) is 218 cm³/mol. The molecule has 3 heterocycles. The summed E-state index contributed by atoms with van der Waals surface area (Å²) in [5.74, 6) is -2.92. The van der Waals surface area contributed by atoms with Crippen molar-refractivity contribution in [1.29, 1.82) is 0 Å². The number of hydroxylamine groups is 2. The number of ether oxygens (including phenoxy) is 5. The summed E-state index contributed by atoms with van der Waals surface area (Å²) >= 11 is 0. The molecule has 3 aromatic carbocycles. The first-order valence-corrected chi connectivity index (χ1v) is 20.9. The molecular weight excluding hydrogens is 787 g/mol. The maximum Gasteiger partial charge on any atom is 0.327 e. The molecule has 3 aliphatic heterocycles. The molecule has 0 radical (unpaired) electrons. The fourth-order valence-corrected chi connectivity index (χ4v) is 9.34. The van der Waals surface area contributed by atoms with Gasteiger partial charge in [-0.3, -0.25) is 24.0 Å². The Bertz CT molecular complexity index is 2150. The van der Waals surface area contributed by atoms with Crippen LogP contribution in [0.5, 0.6) is 0 Å². The lowest BCUT2D eigenvalue weighted by Gasteiger charge is -2.48. The maximum atomic E-state index is 15.0. The SMILES string of the molecule is CC(C)(C)OC(=O)CCC(CO)NC(=O)c1cccc(CNC(=O)C23CC4OC(=O)C2N(Cc2ccccc2C=COCCO)OC3C2OC3(Cc5ccccc5C3)OC42)c1. The monoisotopic (exact) mass is 839 g/mol. The van der Waals surface area contributed by atoms with E-state index >= 15 is 0 Å². The van der Waals surface area contributed by atoms with E-state index in [1.165, 1.54) is 11.3 Å². The lowest BCUT2D eigenvalue weighted by atomic mass is 9.62. The molecule has 4 N–H and O–H groups in total. The second-order valence-electron chi connectivity index (χ2n) is 17.4. The minimum Gasteiger partial charge on any atom is -0.499 e. The summed E-state index contributed by atoms with van der Waals surface area (Å²) in [6, 6.07) is 20.5. The van der Waals surface area contributed by atoms with Crippen LogP contribution in [0, 0.1) is 5.41 Å². The second-order valence-corrected chi connectivity index (χ2v) is 17.4. The molecule has 2 aliphatic carbocycles. The van der Waals surface area contributed by atoms with Crippen molar-refractivity contribution in [2.75, 3.05) is 19.8 Å². The van der Waals surface area contributed by atoms with Gasteiger partial charge < -0.3 is 44.5 Å². The van der Waals surface area contributed by atoms with Gasteiger partial charge in [0.25, 0.3) is 5.91 Å². The van der Waals surface area contributed by atoms with E-state index in [4.69, 9.17) is 33.6 Å². The van der Waals surface area contributed by atoms with Crippen molar-refractivity contribution in [1.82, 2.24) is 15.7 Å². The molecule has 1 spiro atoms. The number of aliphatic hydroxyl groups is 2. The summed E-state index contributed by atoms with van der Waals surface area (Å²) in [5, 5.41) is 26.5. The van der Waals surface area contributed by atoms with Gasteiger partial charge in [0.05, 0.1) is 32.1 Å². The molecule has 15 nitrogen and oxygen atoms in total. The van der Waals surface area contributed by atoms with E-state index in [2.05, 4.69) is 10.6 Å². The van der Waals surface area contributed by atoms with Gasteiger partial charge in [0.15, 0.2) is 11.8 Å². The molecule has 7 unspecified atom stereocenters. The number of aliphatic hydroxyl groups excluding tert-OH is 2. The summed E-state index contributed by atoms with van der Waals surface area (Å²) in [6.45, 7) is 5.09. The van der Waals surface area contributed by atoms with Crippen LogP contribution in [0.3, 0.4) is 0 Å². The van der Waals surface area contributed by atoms with Gasteiger partial charge >= 0.3 is 11.9 Å². The normalized spacial score (nSPS) is 26.4. The van der Waals surface area contributed by atoms with E-state index in [0.29, 0.717) is 24.0 Å². The number of rotatable bonds is 15. The topological polar surface area (TPSA) is 191 Å². The van der Waals surface area contributed by atoms with Gasteiger partial charge in [-0.25, -0.2) is 0 Å². The van der Waals surface area contributed by atoms with Crippen molar-refractivity contribution in [3.63, 3.8) is 0 Å². The number of nitrogens with zero attached hydrogens (tertiary/aromatic N) is 1. The number of carbonyl (C=O) groups excluding carboxylic acids is 4. The minimum absolute atomic E-state index is 0.0193. The Morgan fingerprint density at radius 3 is 2.46 bits per heavy atom. The van der Waals surface area contributed by atoms with Crippen molar-refractivity contribution < 1.29 is 57.9 Å². The molecule has 8 rings (SSSR count). The highest BCUT2D eigenvalue weighted by Gasteiger charge is 2.76. The van der Waals surface area contributed by atoms with Crippen LogP contribution in [0.15, 0.2) is 79.1 Å². The second kappa shape index (κ2) is 17.3. The average Bonchev–Trinajstić information content (AvgIpc) is 3.91. The first-order chi connectivity index (χ1) is 29.3. The third-order valence-electron chi connectivity index (χ3n) is 12.0. The largest absolute Gasteiger partial charge is 0.499 e. The molecule has 1 saturated carbocycles. The van der Waals surface area contributed by atoms with Gasteiger partial charge in [-0.2, -0.15) is 5.06 Å². The maximum absolute atomic E-state index is 15.0. The molecule has 4 fully saturated rings. The lowest BCUT2D eigenvalue weighted by molar-refractivity contribution is -0.217. The molecule has 324 valence electrons. The Morgan fingerprint density at radius 1 is 0.984 bits per heavy atom. The summed E-state index contributed by atoms with van der Waals surface area (Å²) in [4.78, 5) is 61.6. The van der Waals surface area contributed by atoms with Crippen molar-refractivity contribution in [3.8, 4) is 0 Å². The molecule has 61 heavy (non-hydrogen) atoms. The van der Waals surface area contributed by atoms with Gasteiger partial charge in [0, 0.05) is 37.8 Å². The molecule has 2 amide bonds. The van der Waals surface area contributed by atoms with Crippen LogP contribution in [0.4, 0.5) is 0 Å². The molecule has 2 bridgehead atoms. The van der Waals surface area contributed by atoms with Gasteiger partial charge in [0.2, 0.25) is 5.91 Å². The summed E-state index contributed by atoms with van der Waals surface area (Å²) < 4.78 is 30.5. The number of esters is 2. The zero-order valence-electron chi connectivity index (χ0n) is 34.5. The van der Waals surface area contributed by atoms with Gasteiger partial charge in [-0.1, -0.05) is 60.7 Å². The van der Waals surface area contributed by atoms with Crippen molar-refractivity contribution in [3.05, 3.63) is 112 Å². The zero-order chi connectivity index (χ0) is 42.9. The van der Waals surface area contributed by atoms with E-state index in [1.807, 2.05) is 48.5 Å². The zero-order valence-corrected chi connectivity index (χ0v) is 34.5. The van der Waals surface area contributed by atoms with Crippen LogP contribution >= 0.6 is 0 Å². The predicted octanol–water partition coefficient (Wildman–Crippen LogP) is 3.27. The van der Waals surface area contributed by atoms with Crippen molar-refractivity contribution in [2.45, 2.75) is 114 Å². The van der Waals surface area contributed by atoms with Crippen molar-refractivity contribution in [2.24, 2.45) is 5.41 Å². The Labute approximate surface area is 354 Å². The van der Waals surface area contributed by atoms with Crippen LogP contribution in [0.2, 0.25) is 0 Å². The average molecular weight is 840 g/mol. The van der Waals surface area contributed by atoms with E-state index in [-0.39, 0.29) is 52.2 Å². The third-order valence-corrected chi connectivity index (χ3v) is 12.0. The Morgan fingerprint density at radius 2 is 1.72 bits per heavy atom. The number of amides is 2. The molecule has 7 atom stereocenters. The van der Waals surface area contributed by atoms with Crippen LogP contribution in [-0.2, 0) is 68.8 Å². The van der Waals surface area contributed by atoms with Gasteiger partial charge in [0.1, 0.15) is 42.0 Å². The summed E-state index contributed by atoms with van der Waals surface area (Å²) in [5.41, 5.74) is 2.63. The number of hydrogen-bond acceptors (Lipinski definition) is 13. The van der Waals surface area contributed by atoms with Crippen LogP contribution in [-0.4, -0.2) is 107 Å². The highest BCUT2D eigenvalue weighted by atomic mass is 16.8. The van der Waals surface area contributed by atoms with Crippen molar-refractivity contribution >= 4 is 29.8 Å². The standard InChI is InChI=1S/C46H53N3O12/c1-44(2,3)58-36(52)16-15-34(27-51)48-41(53)30-14-8-9-28(21-30)25-47-43(55)46-24-35-37-38(60-45(59-37)22-31-11-5-6-12-32(31)23-45)40(46)61-49(39(46)42(54)57-35)26-33-13-7-4-10-29(33)17-19-56-20-18-50/h4-14,17,19,21,34-35,37-40,50-51H,15-16,18,20,22-27H2,1-3H3,(H,47,55)(H,48,53). The summed E-state index contributed by atoms with van der Waals surface area (Å²) in [7, 11) is 0. The Hall–Kier alpha value is -5.16. The highest BCUT2D eigenvalue weighted by molar-refractivity contribution is 5.95. The fourth-order valence-electron chi connectivity index (χ4n) is 9.34.